The van der Waals surface area contributed by atoms with Crippen molar-refractivity contribution in [2.24, 2.45) is 0 Å². The molecule has 0 saturated carbocycles. The van der Waals surface area contributed by atoms with Crippen molar-refractivity contribution in [3.05, 3.63) is 29.8 Å². The van der Waals surface area contributed by atoms with Crippen molar-refractivity contribution < 1.29 is 26.7 Å². The first-order chi connectivity index (χ1) is 10.1. The van der Waals surface area contributed by atoms with Gasteiger partial charge >= 0.3 is 5.97 Å². The quantitative estimate of drug-likeness (QED) is 0.796. The van der Waals surface area contributed by atoms with E-state index in [0.29, 0.717) is 0 Å². The van der Waals surface area contributed by atoms with E-state index in [1.807, 2.05) is 0 Å². The lowest BCUT2D eigenvalue weighted by Gasteiger charge is -2.32. The molecule has 0 radical (unpaired) electrons. The van der Waals surface area contributed by atoms with E-state index in [1.54, 1.807) is 0 Å². The van der Waals surface area contributed by atoms with Gasteiger partial charge in [-0.3, -0.25) is 0 Å². The van der Waals surface area contributed by atoms with E-state index in [4.69, 9.17) is 5.11 Å². The molecule has 1 aromatic carbocycles. The maximum absolute atomic E-state index is 12.5. The number of nitrogens with zero attached hydrogens (tertiary/aromatic N) is 2. The van der Waals surface area contributed by atoms with Crippen LogP contribution in [0.25, 0.3) is 0 Å². The van der Waals surface area contributed by atoms with Crippen molar-refractivity contribution in [2.75, 3.05) is 32.4 Å². The van der Waals surface area contributed by atoms with Gasteiger partial charge in [0.1, 0.15) is 0 Å². The third-order valence-corrected chi connectivity index (χ3v) is 6.58. The molecule has 1 aliphatic heterocycles. The Morgan fingerprint density at radius 1 is 1.05 bits per heavy atom. The number of rotatable bonds is 4. The average molecular weight is 348 g/mol. The Labute approximate surface area is 129 Å². The Morgan fingerprint density at radius 2 is 1.59 bits per heavy atom. The Morgan fingerprint density at radius 3 is 2.09 bits per heavy atom. The molecular formula is C12H16N2O6S2. The zero-order chi connectivity index (χ0) is 16.5. The molecular weight excluding hydrogens is 332 g/mol. The van der Waals surface area contributed by atoms with E-state index in [-0.39, 0.29) is 36.6 Å². The zero-order valence-corrected chi connectivity index (χ0v) is 13.5. The van der Waals surface area contributed by atoms with Gasteiger partial charge in [0.05, 0.1) is 16.7 Å². The molecule has 0 spiro atoms. The van der Waals surface area contributed by atoms with Gasteiger partial charge in [0.25, 0.3) is 0 Å². The molecule has 1 aliphatic rings. The lowest BCUT2D eigenvalue weighted by Crippen LogP contribution is -2.50. The third kappa shape index (κ3) is 3.46. The van der Waals surface area contributed by atoms with E-state index >= 15 is 0 Å². The van der Waals surface area contributed by atoms with Crippen LogP contribution in [0.3, 0.4) is 0 Å². The van der Waals surface area contributed by atoms with Gasteiger partial charge in [0.15, 0.2) is 0 Å². The Kier molecular flexibility index (Phi) is 4.57. The van der Waals surface area contributed by atoms with Crippen LogP contribution in [0.5, 0.6) is 0 Å². The molecule has 10 heteroatoms. The first kappa shape index (κ1) is 16.9. The van der Waals surface area contributed by atoms with E-state index in [9.17, 15) is 21.6 Å². The molecule has 0 aliphatic carbocycles. The summed E-state index contributed by atoms with van der Waals surface area (Å²) in [6.07, 6.45) is 1.08. The highest BCUT2D eigenvalue weighted by atomic mass is 32.2. The van der Waals surface area contributed by atoms with E-state index < -0.39 is 26.0 Å². The predicted molar refractivity (Wildman–Crippen MR) is 78.6 cm³/mol. The van der Waals surface area contributed by atoms with Crippen LogP contribution in [0.1, 0.15) is 10.4 Å². The van der Waals surface area contributed by atoms with Gasteiger partial charge in [-0.15, -0.1) is 0 Å². The summed E-state index contributed by atoms with van der Waals surface area (Å²) < 4.78 is 50.2. The van der Waals surface area contributed by atoms with Crippen LogP contribution in [-0.2, 0) is 20.0 Å². The molecule has 122 valence electrons. The van der Waals surface area contributed by atoms with Crippen molar-refractivity contribution in [3.63, 3.8) is 0 Å². The summed E-state index contributed by atoms with van der Waals surface area (Å²) >= 11 is 0. The third-order valence-electron chi connectivity index (χ3n) is 3.39. The SMILES string of the molecule is CS(=O)(=O)N1CCN(S(=O)(=O)c2cccc(C(=O)O)c2)CC1. The lowest BCUT2D eigenvalue weighted by atomic mass is 10.2. The minimum absolute atomic E-state index is 0.0344. The highest BCUT2D eigenvalue weighted by molar-refractivity contribution is 7.89. The van der Waals surface area contributed by atoms with Crippen molar-refractivity contribution in [1.29, 1.82) is 0 Å². The molecule has 0 amide bonds. The fourth-order valence-corrected chi connectivity index (χ4v) is 4.48. The summed E-state index contributed by atoms with van der Waals surface area (Å²) in [5.74, 6) is -1.21. The summed E-state index contributed by atoms with van der Waals surface area (Å²) in [4.78, 5) is 10.8. The van der Waals surface area contributed by atoms with Gasteiger partial charge in [0, 0.05) is 26.2 Å². The number of carboxylic acids is 1. The van der Waals surface area contributed by atoms with Crippen LogP contribution >= 0.6 is 0 Å². The molecule has 1 N–H and O–H groups in total. The Balaban J connectivity index is 2.22. The van der Waals surface area contributed by atoms with Gasteiger partial charge in [0.2, 0.25) is 20.0 Å². The van der Waals surface area contributed by atoms with Crippen LogP contribution in [0, 0.1) is 0 Å². The van der Waals surface area contributed by atoms with Gasteiger partial charge < -0.3 is 5.11 Å². The molecule has 0 unspecified atom stereocenters. The fraction of sp³-hybridized carbons (Fsp3) is 0.417. The van der Waals surface area contributed by atoms with Crippen molar-refractivity contribution in [2.45, 2.75) is 4.90 Å². The van der Waals surface area contributed by atoms with E-state index in [0.717, 1.165) is 16.6 Å². The average Bonchev–Trinajstić information content (AvgIpc) is 2.46. The van der Waals surface area contributed by atoms with Crippen LogP contribution in [0.15, 0.2) is 29.2 Å². The molecule has 22 heavy (non-hydrogen) atoms. The van der Waals surface area contributed by atoms with Crippen molar-refractivity contribution in [1.82, 2.24) is 8.61 Å². The second kappa shape index (κ2) is 5.95. The number of carboxylic acid groups (broad SMARTS) is 1. The standard InChI is InChI=1S/C12H16N2O6S2/c1-21(17,18)13-5-7-14(8-6-13)22(19,20)11-4-2-3-10(9-11)12(15)16/h2-4,9H,5-8H2,1H3,(H,15,16). The van der Waals surface area contributed by atoms with Gasteiger partial charge in [-0.25, -0.2) is 21.6 Å². The van der Waals surface area contributed by atoms with Gasteiger partial charge in [-0.1, -0.05) is 6.07 Å². The molecule has 8 nitrogen and oxygen atoms in total. The molecule has 0 aromatic heterocycles. The summed E-state index contributed by atoms with van der Waals surface area (Å²) in [7, 11) is -7.18. The van der Waals surface area contributed by atoms with Crippen LogP contribution in [0.2, 0.25) is 0 Å². The Bertz CT molecular complexity index is 780. The smallest absolute Gasteiger partial charge is 0.335 e. The van der Waals surface area contributed by atoms with Gasteiger partial charge in [-0.05, 0) is 18.2 Å². The highest BCUT2D eigenvalue weighted by Crippen LogP contribution is 2.19. The van der Waals surface area contributed by atoms with Crippen LogP contribution in [0.4, 0.5) is 0 Å². The number of sulfonamides is 2. The molecule has 2 rings (SSSR count). The molecule has 1 saturated heterocycles. The minimum atomic E-state index is -3.84. The molecule has 1 heterocycles. The maximum Gasteiger partial charge on any atom is 0.335 e. The van der Waals surface area contributed by atoms with E-state index in [1.165, 1.54) is 22.5 Å². The topological polar surface area (TPSA) is 112 Å². The lowest BCUT2D eigenvalue weighted by molar-refractivity contribution is 0.0696. The van der Waals surface area contributed by atoms with Crippen LogP contribution in [-0.4, -0.2) is 69.0 Å². The first-order valence-corrected chi connectivity index (χ1v) is 9.70. The van der Waals surface area contributed by atoms with E-state index in [2.05, 4.69) is 0 Å². The summed E-state index contributed by atoms with van der Waals surface area (Å²) in [6.45, 7) is 0.229. The van der Waals surface area contributed by atoms with Crippen molar-refractivity contribution in [3.8, 4) is 0 Å². The maximum atomic E-state index is 12.5. The molecule has 0 atom stereocenters. The zero-order valence-electron chi connectivity index (χ0n) is 11.8. The number of aromatic carboxylic acids is 1. The normalized spacial score (nSPS) is 18.2. The monoisotopic (exact) mass is 348 g/mol. The second-order valence-electron chi connectivity index (χ2n) is 4.90. The molecule has 0 bridgehead atoms. The van der Waals surface area contributed by atoms with Crippen LogP contribution < -0.4 is 0 Å². The van der Waals surface area contributed by atoms with Gasteiger partial charge in [-0.2, -0.15) is 8.61 Å². The minimum Gasteiger partial charge on any atom is -0.478 e. The largest absolute Gasteiger partial charge is 0.478 e. The fourth-order valence-electron chi connectivity index (χ4n) is 2.18. The summed E-state index contributed by atoms with van der Waals surface area (Å²) in [5, 5.41) is 8.93. The number of hydrogen-bond donors (Lipinski definition) is 1. The number of hydrogen-bond acceptors (Lipinski definition) is 5. The Hall–Kier alpha value is -1.49. The number of benzene rings is 1. The summed E-state index contributed by atoms with van der Waals surface area (Å²) in [6, 6.07) is 5.09. The first-order valence-electron chi connectivity index (χ1n) is 6.41. The predicted octanol–water partition coefficient (Wildman–Crippen LogP) is -0.349. The molecule has 1 fully saturated rings. The number of piperazine rings is 1. The second-order valence-corrected chi connectivity index (χ2v) is 8.82. The molecule has 1 aromatic rings. The van der Waals surface area contributed by atoms with Crippen molar-refractivity contribution >= 4 is 26.0 Å². The summed E-state index contributed by atoms with van der Waals surface area (Å²) in [5.41, 5.74) is -0.115. The number of carbonyl (C=O) groups is 1. The highest BCUT2D eigenvalue weighted by Gasteiger charge is 2.31.